The number of hydrogen-bond donors (Lipinski definition) is 0. The van der Waals surface area contributed by atoms with Crippen molar-refractivity contribution < 1.29 is 23.6 Å². The first-order valence-corrected chi connectivity index (χ1v) is 5.79. The van der Waals surface area contributed by atoms with Gasteiger partial charge in [-0.2, -0.15) is 0 Å². The Bertz CT molecular complexity index is 204. The van der Waals surface area contributed by atoms with E-state index in [0.29, 0.717) is 0 Å². The fourth-order valence-electron chi connectivity index (χ4n) is 0.748. The molecule has 0 aliphatic carbocycles. The lowest BCUT2D eigenvalue weighted by atomic mass is 10.5. The van der Waals surface area contributed by atoms with Crippen LogP contribution in [0.3, 0.4) is 0 Å². The summed E-state index contributed by atoms with van der Waals surface area (Å²) in [5, 5.41) is 0. The zero-order valence-electron chi connectivity index (χ0n) is 8.32. The van der Waals surface area contributed by atoms with Gasteiger partial charge in [0.25, 0.3) is 0 Å². The molecule has 0 atom stereocenters. The summed E-state index contributed by atoms with van der Waals surface area (Å²) in [4.78, 5) is 21.3. The van der Waals surface area contributed by atoms with E-state index in [-0.39, 0.29) is 37.1 Å². The van der Waals surface area contributed by atoms with E-state index < -0.39 is 7.80 Å². The van der Waals surface area contributed by atoms with Crippen LogP contribution in [0.1, 0.15) is 12.8 Å². The van der Waals surface area contributed by atoms with Crippen molar-refractivity contribution in [1.82, 2.24) is 0 Å². The van der Waals surface area contributed by atoms with Gasteiger partial charge in [0.05, 0.1) is 27.1 Å². The summed E-state index contributed by atoms with van der Waals surface area (Å²) in [7, 11) is 1.05. The van der Waals surface area contributed by atoms with Gasteiger partial charge in [-0.25, -0.2) is 0 Å². The number of rotatable bonds is 6. The molecule has 0 aliphatic heterocycles. The van der Waals surface area contributed by atoms with Gasteiger partial charge in [0.15, 0.2) is 12.3 Å². The fourth-order valence-corrected chi connectivity index (χ4v) is 1.84. The summed E-state index contributed by atoms with van der Waals surface area (Å²) in [6, 6.07) is 0. The molecule has 0 fully saturated rings. The van der Waals surface area contributed by atoms with Crippen LogP contribution in [0.15, 0.2) is 0 Å². The van der Waals surface area contributed by atoms with Crippen molar-refractivity contribution in [3.05, 3.63) is 0 Å². The maximum absolute atomic E-state index is 11.2. The summed E-state index contributed by atoms with van der Waals surface area (Å²) in [5.41, 5.74) is 0. The molecule has 0 aliphatic rings. The monoisotopic (exact) mass is 221 g/mol. The minimum Gasteiger partial charge on any atom is -0.469 e. The maximum atomic E-state index is 11.2. The van der Waals surface area contributed by atoms with Gasteiger partial charge < -0.3 is 9.47 Å². The Morgan fingerprint density at radius 1 is 1.00 bits per heavy atom. The Morgan fingerprint density at radius 3 is 1.64 bits per heavy atom. The molecule has 14 heavy (non-hydrogen) atoms. The van der Waals surface area contributed by atoms with Gasteiger partial charge in [-0.1, -0.05) is 4.57 Å². The minimum atomic E-state index is -1.51. The second-order valence-electron chi connectivity index (χ2n) is 2.58. The highest BCUT2D eigenvalue weighted by Crippen LogP contribution is 2.22. The van der Waals surface area contributed by atoms with Gasteiger partial charge in [0.1, 0.15) is 0 Å². The molecule has 0 aromatic rings. The summed E-state index contributed by atoms with van der Waals surface area (Å²) in [5.74, 6) is -0.766. The van der Waals surface area contributed by atoms with E-state index in [1.54, 1.807) is 0 Å². The van der Waals surface area contributed by atoms with Crippen molar-refractivity contribution in [2.24, 2.45) is 0 Å². The molecule has 0 heterocycles. The molecule has 0 N–H and O–H groups in total. The van der Waals surface area contributed by atoms with E-state index in [1.807, 2.05) is 0 Å². The number of methoxy groups -OCH3 is 2. The predicted molar refractivity (Wildman–Crippen MR) is 50.6 cm³/mol. The van der Waals surface area contributed by atoms with E-state index in [2.05, 4.69) is 9.47 Å². The third-order valence-corrected chi connectivity index (χ3v) is 3.03. The molecule has 0 saturated carbocycles. The van der Waals surface area contributed by atoms with Crippen LogP contribution >= 0.6 is 7.80 Å². The van der Waals surface area contributed by atoms with Crippen LogP contribution in [0, 0.1) is 0 Å². The lowest BCUT2D eigenvalue weighted by molar-refractivity contribution is -0.140. The largest absolute Gasteiger partial charge is 0.469 e. The molecule has 0 spiro atoms. The standard InChI is InChI=1S/C8H14O5P/c1-12-7(9)3-5-14(11)6-4-8(10)13-2/h3-6H2,1-2H3/q+1. The molecule has 0 aromatic carbocycles. The number of carbonyl (C=O) groups excluding carboxylic acids is 2. The van der Waals surface area contributed by atoms with Crippen LogP contribution in [-0.2, 0) is 23.6 Å². The Labute approximate surface area is 83.5 Å². The number of carbonyl (C=O) groups is 2. The summed E-state index contributed by atoms with van der Waals surface area (Å²) in [6.07, 6.45) is 0.789. The van der Waals surface area contributed by atoms with Crippen LogP contribution in [0.25, 0.3) is 0 Å². The Balaban J connectivity index is 3.56. The number of hydrogen-bond acceptors (Lipinski definition) is 5. The summed E-state index contributed by atoms with van der Waals surface area (Å²) >= 11 is 0. The summed E-state index contributed by atoms with van der Waals surface area (Å²) < 4.78 is 20.0. The van der Waals surface area contributed by atoms with Crippen molar-refractivity contribution >= 4 is 19.7 Å². The number of esters is 2. The van der Waals surface area contributed by atoms with Crippen molar-refractivity contribution in [2.45, 2.75) is 12.8 Å². The lowest BCUT2D eigenvalue weighted by Gasteiger charge is -1.93. The quantitative estimate of drug-likeness (QED) is 0.493. The van der Waals surface area contributed by atoms with Crippen LogP contribution in [0.2, 0.25) is 0 Å². The predicted octanol–water partition coefficient (Wildman–Crippen LogP) is 0.940. The van der Waals surface area contributed by atoms with E-state index in [9.17, 15) is 14.2 Å². The maximum Gasteiger partial charge on any atom is 0.339 e. The topological polar surface area (TPSA) is 69.7 Å². The van der Waals surface area contributed by atoms with Crippen LogP contribution < -0.4 is 0 Å². The lowest BCUT2D eigenvalue weighted by Crippen LogP contribution is -2.04. The highest BCUT2D eigenvalue weighted by Gasteiger charge is 2.19. The molecular formula is C8H14O5P+. The van der Waals surface area contributed by atoms with E-state index in [4.69, 9.17) is 0 Å². The molecule has 0 rings (SSSR count). The van der Waals surface area contributed by atoms with Gasteiger partial charge in [-0.3, -0.25) is 9.59 Å². The first kappa shape index (κ1) is 13.0. The van der Waals surface area contributed by atoms with Crippen LogP contribution in [0.4, 0.5) is 0 Å². The average Bonchev–Trinajstić information content (AvgIpc) is 2.22. The minimum absolute atomic E-state index is 0.132. The second kappa shape index (κ2) is 7.44. The third kappa shape index (κ3) is 6.54. The van der Waals surface area contributed by atoms with Crippen molar-refractivity contribution in [1.29, 1.82) is 0 Å². The molecule has 0 aromatic heterocycles. The zero-order valence-corrected chi connectivity index (χ0v) is 9.21. The normalized spacial score (nSPS) is 9.29. The summed E-state index contributed by atoms with van der Waals surface area (Å²) in [6.45, 7) is 0. The highest BCUT2D eigenvalue weighted by atomic mass is 31.1. The molecule has 0 saturated heterocycles. The molecule has 80 valence electrons. The molecule has 0 amide bonds. The van der Waals surface area contributed by atoms with Crippen molar-refractivity contribution in [2.75, 3.05) is 26.5 Å². The molecule has 6 heteroatoms. The Kier molecular flexibility index (Phi) is 6.93. The van der Waals surface area contributed by atoms with Crippen LogP contribution in [0.5, 0.6) is 0 Å². The molecular weight excluding hydrogens is 207 g/mol. The van der Waals surface area contributed by atoms with Crippen molar-refractivity contribution in [3.8, 4) is 0 Å². The van der Waals surface area contributed by atoms with E-state index in [1.165, 1.54) is 14.2 Å². The van der Waals surface area contributed by atoms with Gasteiger partial charge >= 0.3 is 19.7 Å². The van der Waals surface area contributed by atoms with E-state index >= 15 is 0 Å². The molecule has 0 bridgehead atoms. The van der Waals surface area contributed by atoms with E-state index in [0.717, 1.165) is 0 Å². The number of ether oxygens (including phenoxy) is 2. The second-order valence-corrected chi connectivity index (χ2v) is 4.44. The Hall–Kier alpha value is -0.960. The van der Waals surface area contributed by atoms with Gasteiger partial charge in [0, 0.05) is 0 Å². The first-order chi connectivity index (χ1) is 6.60. The average molecular weight is 221 g/mol. The zero-order chi connectivity index (χ0) is 11.0. The molecule has 5 nitrogen and oxygen atoms in total. The fraction of sp³-hybridized carbons (Fsp3) is 0.750. The molecule has 0 radical (unpaired) electrons. The van der Waals surface area contributed by atoms with Crippen LogP contribution in [-0.4, -0.2) is 38.5 Å². The van der Waals surface area contributed by atoms with Crippen molar-refractivity contribution in [3.63, 3.8) is 0 Å². The Morgan fingerprint density at radius 2 is 1.36 bits per heavy atom. The molecule has 0 unspecified atom stereocenters. The smallest absolute Gasteiger partial charge is 0.339 e. The highest BCUT2D eigenvalue weighted by molar-refractivity contribution is 7.44. The SMILES string of the molecule is COC(=O)CC[P+](=O)CCC(=O)OC. The third-order valence-electron chi connectivity index (χ3n) is 1.59. The van der Waals surface area contributed by atoms with Gasteiger partial charge in [0.2, 0.25) is 0 Å². The van der Waals surface area contributed by atoms with Gasteiger partial charge in [-0.05, 0) is 0 Å². The first-order valence-electron chi connectivity index (χ1n) is 4.16. The van der Waals surface area contributed by atoms with Gasteiger partial charge in [-0.15, -0.1) is 0 Å².